The van der Waals surface area contributed by atoms with E-state index in [9.17, 15) is 9.18 Å². The van der Waals surface area contributed by atoms with Crippen LogP contribution in [0.4, 0.5) is 4.39 Å². The molecule has 162 valence electrons. The number of nitrogens with zero attached hydrogens (tertiary/aromatic N) is 3. The van der Waals surface area contributed by atoms with Gasteiger partial charge in [0.25, 0.3) is 0 Å². The number of rotatable bonds is 6. The van der Waals surface area contributed by atoms with Gasteiger partial charge in [0.15, 0.2) is 5.96 Å². The summed E-state index contributed by atoms with van der Waals surface area (Å²) in [5, 5.41) is 3.34. The van der Waals surface area contributed by atoms with Crippen LogP contribution in [0.2, 0.25) is 0 Å². The van der Waals surface area contributed by atoms with Crippen LogP contribution in [0.3, 0.4) is 0 Å². The summed E-state index contributed by atoms with van der Waals surface area (Å²) in [5.41, 5.74) is 6.32. The molecule has 0 radical (unpaired) electrons. The Hall–Kier alpha value is -2.43. The molecule has 2 aromatic rings. The minimum Gasteiger partial charge on any atom is -0.439 e. The smallest absolute Gasteiger partial charge is 0.219 e. The third kappa shape index (κ3) is 7.12. The number of nitrogens with one attached hydrogen (secondary N) is 1. The molecule has 2 heterocycles. The van der Waals surface area contributed by atoms with E-state index < -0.39 is 0 Å². The first-order chi connectivity index (χ1) is 14.0. The minimum absolute atomic E-state index is 0. The molecule has 1 amide bonds. The molecule has 1 aromatic heterocycles. The van der Waals surface area contributed by atoms with E-state index in [1.807, 2.05) is 6.07 Å². The summed E-state index contributed by atoms with van der Waals surface area (Å²) in [4.78, 5) is 22.0. The van der Waals surface area contributed by atoms with Gasteiger partial charge in [-0.05, 0) is 48.6 Å². The number of carbonyl (C=O) groups is 1. The van der Waals surface area contributed by atoms with Crippen molar-refractivity contribution in [2.75, 3.05) is 20.1 Å². The molecule has 1 aromatic carbocycles. The van der Waals surface area contributed by atoms with Gasteiger partial charge >= 0.3 is 0 Å². The SMILES string of the molecule is CN=C(NCc1ccc(Oc2ccc(F)cc2)nc1)N1CCCC(CC(N)=O)C1.I. The van der Waals surface area contributed by atoms with Crippen molar-refractivity contribution in [2.45, 2.75) is 25.8 Å². The number of hydrogen-bond donors (Lipinski definition) is 2. The number of carbonyl (C=O) groups excluding carboxylic acids is 1. The molecule has 7 nitrogen and oxygen atoms in total. The first kappa shape index (κ1) is 23.8. The van der Waals surface area contributed by atoms with Gasteiger partial charge in [-0.1, -0.05) is 6.07 Å². The second-order valence-corrected chi connectivity index (χ2v) is 7.09. The maximum Gasteiger partial charge on any atom is 0.219 e. The Morgan fingerprint density at radius 2 is 2.10 bits per heavy atom. The van der Waals surface area contributed by atoms with Gasteiger partial charge in [0.1, 0.15) is 11.6 Å². The summed E-state index contributed by atoms with van der Waals surface area (Å²) in [6.45, 7) is 2.23. The number of halogens is 2. The van der Waals surface area contributed by atoms with Crippen LogP contribution in [0.25, 0.3) is 0 Å². The maximum absolute atomic E-state index is 13.0. The Balaban J connectivity index is 0.00000320. The summed E-state index contributed by atoms with van der Waals surface area (Å²) in [5.74, 6) is 1.47. The Bertz CT molecular complexity index is 845. The van der Waals surface area contributed by atoms with Crippen LogP contribution < -0.4 is 15.8 Å². The third-order valence-corrected chi connectivity index (χ3v) is 4.80. The van der Waals surface area contributed by atoms with Gasteiger partial charge in [-0.25, -0.2) is 9.37 Å². The van der Waals surface area contributed by atoms with Gasteiger partial charge in [0.2, 0.25) is 11.8 Å². The molecular formula is C21H27FIN5O2. The van der Waals surface area contributed by atoms with E-state index in [0.717, 1.165) is 37.5 Å². The van der Waals surface area contributed by atoms with Crippen molar-refractivity contribution in [2.24, 2.45) is 16.6 Å². The first-order valence-corrected chi connectivity index (χ1v) is 9.65. The number of nitrogens with two attached hydrogens (primary N) is 1. The highest BCUT2D eigenvalue weighted by atomic mass is 127. The molecule has 1 atom stereocenters. The third-order valence-electron chi connectivity index (χ3n) is 4.80. The molecule has 3 N–H and O–H groups in total. The second kappa shape index (κ2) is 11.7. The average molecular weight is 527 g/mol. The predicted molar refractivity (Wildman–Crippen MR) is 124 cm³/mol. The number of hydrogen-bond acceptors (Lipinski definition) is 4. The fraction of sp³-hybridized carbons (Fsp3) is 0.381. The molecule has 30 heavy (non-hydrogen) atoms. The highest BCUT2D eigenvalue weighted by Gasteiger charge is 2.23. The molecule has 9 heteroatoms. The number of benzene rings is 1. The monoisotopic (exact) mass is 527 g/mol. The van der Waals surface area contributed by atoms with Crippen molar-refractivity contribution in [1.29, 1.82) is 0 Å². The molecule has 0 spiro atoms. The van der Waals surface area contributed by atoms with Gasteiger partial charge in [0.05, 0.1) is 0 Å². The number of amides is 1. The fourth-order valence-corrected chi connectivity index (χ4v) is 3.42. The van der Waals surface area contributed by atoms with E-state index in [0.29, 0.717) is 24.6 Å². The summed E-state index contributed by atoms with van der Waals surface area (Å²) in [6, 6.07) is 9.48. The summed E-state index contributed by atoms with van der Waals surface area (Å²) in [6.07, 6.45) is 4.16. The van der Waals surface area contributed by atoms with Crippen LogP contribution in [-0.4, -0.2) is 41.9 Å². The number of primary amides is 1. The lowest BCUT2D eigenvalue weighted by Crippen LogP contribution is -2.46. The Labute approximate surface area is 192 Å². The largest absolute Gasteiger partial charge is 0.439 e. The quantitative estimate of drug-likeness (QED) is 0.342. The molecule has 0 bridgehead atoms. The molecule has 1 aliphatic rings. The van der Waals surface area contributed by atoms with Gasteiger partial charge < -0.3 is 20.7 Å². The molecule has 1 aliphatic heterocycles. The molecule has 0 saturated carbocycles. The van der Waals surface area contributed by atoms with Crippen molar-refractivity contribution < 1.29 is 13.9 Å². The number of aromatic nitrogens is 1. The van der Waals surface area contributed by atoms with Crippen molar-refractivity contribution in [1.82, 2.24) is 15.2 Å². The zero-order chi connectivity index (χ0) is 20.6. The molecule has 1 saturated heterocycles. The van der Waals surface area contributed by atoms with E-state index in [-0.39, 0.29) is 41.6 Å². The fourth-order valence-electron chi connectivity index (χ4n) is 3.42. The van der Waals surface area contributed by atoms with E-state index in [2.05, 4.69) is 20.2 Å². The number of ether oxygens (including phenoxy) is 1. The van der Waals surface area contributed by atoms with Crippen molar-refractivity contribution in [3.63, 3.8) is 0 Å². The topological polar surface area (TPSA) is 92.8 Å². The lowest BCUT2D eigenvalue weighted by Gasteiger charge is -2.34. The van der Waals surface area contributed by atoms with Crippen LogP contribution in [0.5, 0.6) is 11.6 Å². The zero-order valence-electron chi connectivity index (χ0n) is 16.9. The Morgan fingerprint density at radius 3 is 2.73 bits per heavy atom. The Morgan fingerprint density at radius 1 is 1.33 bits per heavy atom. The van der Waals surface area contributed by atoms with Crippen LogP contribution in [-0.2, 0) is 11.3 Å². The van der Waals surface area contributed by atoms with Crippen molar-refractivity contribution in [3.8, 4) is 11.6 Å². The number of likely N-dealkylation sites (tertiary alicyclic amines) is 1. The van der Waals surface area contributed by atoms with Gasteiger partial charge in [-0.2, -0.15) is 0 Å². The number of aliphatic imine (C=N–C) groups is 1. The zero-order valence-corrected chi connectivity index (χ0v) is 19.2. The van der Waals surface area contributed by atoms with Gasteiger partial charge in [-0.15, -0.1) is 24.0 Å². The number of guanidine groups is 1. The lowest BCUT2D eigenvalue weighted by molar-refractivity contribution is -0.119. The summed E-state index contributed by atoms with van der Waals surface area (Å²) in [7, 11) is 1.75. The van der Waals surface area contributed by atoms with E-state index in [4.69, 9.17) is 10.5 Å². The molecule has 1 unspecified atom stereocenters. The molecule has 1 fully saturated rings. The minimum atomic E-state index is -0.310. The second-order valence-electron chi connectivity index (χ2n) is 7.09. The molecule has 0 aliphatic carbocycles. The van der Waals surface area contributed by atoms with Crippen LogP contribution in [0, 0.1) is 11.7 Å². The van der Waals surface area contributed by atoms with E-state index >= 15 is 0 Å². The molecular weight excluding hydrogens is 500 g/mol. The van der Waals surface area contributed by atoms with Crippen molar-refractivity contribution >= 4 is 35.8 Å². The number of piperidine rings is 1. The highest BCUT2D eigenvalue weighted by Crippen LogP contribution is 2.21. The summed E-state index contributed by atoms with van der Waals surface area (Å²) < 4.78 is 18.6. The first-order valence-electron chi connectivity index (χ1n) is 9.65. The van der Waals surface area contributed by atoms with E-state index in [1.165, 1.54) is 12.1 Å². The standard InChI is InChI=1S/C21H26FN5O2.HI/c1-24-21(27-10-2-3-15(14-27)11-19(23)28)26-13-16-4-9-20(25-12-16)29-18-7-5-17(22)6-8-18;/h4-9,12,15H,2-3,10-11,13-14H2,1H3,(H2,23,28)(H,24,26);1H. The molecule has 3 rings (SSSR count). The predicted octanol–water partition coefficient (Wildman–Crippen LogP) is 3.29. The van der Waals surface area contributed by atoms with Gasteiger partial charge in [-0.3, -0.25) is 9.79 Å². The van der Waals surface area contributed by atoms with Crippen LogP contribution in [0.1, 0.15) is 24.8 Å². The lowest BCUT2D eigenvalue weighted by atomic mass is 9.95. The van der Waals surface area contributed by atoms with Crippen LogP contribution in [0.15, 0.2) is 47.6 Å². The Kier molecular flexibility index (Phi) is 9.28. The van der Waals surface area contributed by atoms with Crippen molar-refractivity contribution in [3.05, 3.63) is 54.0 Å². The average Bonchev–Trinajstić information content (AvgIpc) is 2.71. The van der Waals surface area contributed by atoms with E-state index in [1.54, 1.807) is 31.4 Å². The highest BCUT2D eigenvalue weighted by molar-refractivity contribution is 14.0. The summed E-state index contributed by atoms with van der Waals surface area (Å²) >= 11 is 0. The normalized spacial score (nSPS) is 16.5. The van der Waals surface area contributed by atoms with Gasteiger partial charge in [0, 0.05) is 45.4 Å². The number of pyridine rings is 1. The maximum atomic E-state index is 13.0. The van der Waals surface area contributed by atoms with Crippen LogP contribution >= 0.6 is 24.0 Å².